The van der Waals surface area contributed by atoms with Gasteiger partial charge in [0, 0.05) is 29.2 Å². The molecule has 7 heteroatoms. The number of anilines is 1. The average molecular weight is 308 g/mol. The van der Waals surface area contributed by atoms with Crippen molar-refractivity contribution in [2.75, 3.05) is 5.32 Å². The molecule has 2 aromatic heterocycles. The van der Waals surface area contributed by atoms with Crippen LogP contribution in [0, 0.1) is 0 Å². The van der Waals surface area contributed by atoms with E-state index in [1.807, 2.05) is 26.0 Å². The number of carbonyl (C=O) groups is 1. The number of nitrogens with one attached hydrogen (secondary N) is 1. The summed E-state index contributed by atoms with van der Waals surface area (Å²) in [6.45, 7) is 4.00. The Kier molecular flexibility index (Phi) is 4.09. The highest BCUT2D eigenvalue weighted by atomic mass is 16.1. The second-order valence-corrected chi connectivity index (χ2v) is 5.31. The van der Waals surface area contributed by atoms with Crippen molar-refractivity contribution in [2.45, 2.75) is 19.9 Å². The van der Waals surface area contributed by atoms with Crippen LogP contribution in [0.5, 0.6) is 0 Å². The first-order chi connectivity index (χ1) is 11.1. The Morgan fingerprint density at radius 1 is 1.17 bits per heavy atom. The summed E-state index contributed by atoms with van der Waals surface area (Å²) in [4.78, 5) is 16.3. The van der Waals surface area contributed by atoms with E-state index in [9.17, 15) is 4.79 Å². The topological polar surface area (TPSA) is 85.6 Å². The lowest BCUT2D eigenvalue weighted by Gasteiger charge is -2.09. The molecule has 1 amide bonds. The molecule has 23 heavy (non-hydrogen) atoms. The molecule has 0 unspecified atom stereocenters. The molecule has 0 radical (unpaired) electrons. The van der Waals surface area contributed by atoms with E-state index < -0.39 is 0 Å². The number of carbonyl (C=O) groups excluding carboxylic acids is 1. The van der Waals surface area contributed by atoms with Crippen LogP contribution in [0.25, 0.3) is 11.4 Å². The lowest BCUT2D eigenvalue weighted by molar-refractivity contribution is 0.102. The monoisotopic (exact) mass is 308 g/mol. The number of aromatic nitrogens is 5. The van der Waals surface area contributed by atoms with E-state index in [0.717, 1.165) is 5.56 Å². The van der Waals surface area contributed by atoms with Crippen LogP contribution >= 0.6 is 0 Å². The largest absolute Gasteiger partial charge is 0.322 e. The molecule has 0 saturated heterocycles. The molecule has 2 heterocycles. The van der Waals surface area contributed by atoms with Gasteiger partial charge >= 0.3 is 0 Å². The van der Waals surface area contributed by atoms with Crippen molar-refractivity contribution >= 4 is 11.6 Å². The van der Waals surface area contributed by atoms with Gasteiger partial charge in [0.05, 0.1) is 6.04 Å². The Morgan fingerprint density at radius 3 is 2.70 bits per heavy atom. The molecule has 0 aliphatic rings. The van der Waals surface area contributed by atoms with Crippen molar-refractivity contribution in [3.63, 3.8) is 0 Å². The first kappa shape index (κ1) is 14.8. The van der Waals surface area contributed by atoms with Crippen LogP contribution in [0.2, 0.25) is 0 Å². The van der Waals surface area contributed by atoms with Crippen molar-refractivity contribution in [1.82, 2.24) is 25.2 Å². The maximum atomic E-state index is 12.4. The number of hydrogen-bond donors (Lipinski definition) is 1. The second kappa shape index (κ2) is 6.35. The van der Waals surface area contributed by atoms with E-state index in [1.165, 1.54) is 0 Å². The highest BCUT2D eigenvalue weighted by Gasteiger charge is 2.13. The molecule has 0 aliphatic carbocycles. The van der Waals surface area contributed by atoms with Crippen molar-refractivity contribution in [3.05, 3.63) is 54.4 Å². The normalized spacial score (nSPS) is 10.7. The van der Waals surface area contributed by atoms with Gasteiger partial charge in [-0.1, -0.05) is 12.1 Å². The summed E-state index contributed by atoms with van der Waals surface area (Å²) in [5, 5.41) is 14.6. The van der Waals surface area contributed by atoms with Gasteiger partial charge in [0.2, 0.25) is 0 Å². The van der Waals surface area contributed by atoms with Crippen LogP contribution in [0.1, 0.15) is 30.2 Å². The maximum Gasteiger partial charge on any atom is 0.255 e. The minimum absolute atomic E-state index is 0.134. The zero-order valence-corrected chi connectivity index (χ0v) is 12.8. The van der Waals surface area contributed by atoms with Gasteiger partial charge in [-0.2, -0.15) is 0 Å². The summed E-state index contributed by atoms with van der Waals surface area (Å²) in [7, 11) is 0. The lowest BCUT2D eigenvalue weighted by Crippen LogP contribution is -2.12. The fraction of sp³-hybridized carbons (Fsp3) is 0.188. The molecule has 0 atom stereocenters. The van der Waals surface area contributed by atoms with Crippen LogP contribution in [-0.4, -0.2) is 31.1 Å². The van der Waals surface area contributed by atoms with Crippen LogP contribution < -0.4 is 5.32 Å². The Balaban J connectivity index is 1.88. The summed E-state index contributed by atoms with van der Waals surface area (Å²) in [6.07, 6.45) is 3.26. The van der Waals surface area contributed by atoms with Gasteiger partial charge < -0.3 is 5.32 Å². The molecule has 0 spiro atoms. The third-order valence-electron chi connectivity index (χ3n) is 3.30. The lowest BCUT2D eigenvalue weighted by atomic mass is 10.1. The summed E-state index contributed by atoms with van der Waals surface area (Å²) in [5.41, 5.74) is 2.03. The summed E-state index contributed by atoms with van der Waals surface area (Å²) < 4.78 is 1.72. The minimum atomic E-state index is -0.193. The Bertz CT molecular complexity index is 812. The summed E-state index contributed by atoms with van der Waals surface area (Å²) in [5.74, 6) is 0.445. The van der Waals surface area contributed by atoms with Gasteiger partial charge in [-0.3, -0.25) is 9.78 Å². The molecule has 3 aromatic rings. The highest BCUT2D eigenvalue weighted by molar-refractivity contribution is 6.04. The predicted molar refractivity (Wildman–Crippen MR) is 85.8 cm³/mol. The van der Waals surface area contributed by atoms with E-state index in [2.05, 4.69) is 25.8 Å². The molecule has 3 rings (SSSR count). The summed E-state index contributed by atoms with van der Waals surface area (Å²) in [6, 6.07) is 10.8. The molecule has 0 fully saturated rings. The van der Waals surface area contributed by atoms with E-state index in [0.29, 0.717) is 17.1 Å². The third kappa shape index (κ3) is 3.23. The Hall–Kier alpha value is -3.09. The molecule has 0 saturated carbocycles. The molecule has 1 aromatic carbocycles. The molecule has 1 N–H and O–H groups in total. The Labute approximate surface area is 133 Å². The second-order valence-electron chi connectivity index (χ2n) is 5.31. The first-order valence-corrected chi connectivity index (χ1v) is 7.25. The quantitative estimate of drug-likeness (QED) is 0.800. The van der Waals surface area contributed by atoms with Crippen LogP contribution in [0.4, 0.5) is 5.69 Å². The number of rotatable bonds is 4. The molecule has 0 bridgehead atoms. The van der Waals surface area contributed by atoms with Gasteiger partial charge in [-0.15, -0.1) is 5.10 Å². The van der Waals surface area contributed by atoms with Crippen molar-refractivity contribution in [1.29, 1.82) is 0 Å². The zero-order valence-electron chi connectivity index (χ0n) is 12.8. The van der Waals surface area contributed by atoms with Crippen LogP contribution in [-0.2, 0) is 0 Å². The van der Waals surface area contributed by atoms with Gasteiger partial charge in [0.15, 0.2) is 5.82 Å². The van der Waals surface area contributed by atoms with Gasteiger partial charge in [0.25, 0.3) is 5.91 Å². The number of hydrogen-bond acceptors (Lipinski definition) is 5. The molecular formula is C16H16N6O. The number of tetrazole rings is 1. The van der Waals surface area contributed by atoms with Crippen molar-refractivity contribution in [3.8, 4) is 11.4 Å². The maximum absolute atomic E-state index is 12.4. The Morgan fingerprint density at radius 2 is 1.96 bits per heavy atom. The molecule has 0 aliphatic heterocycles. The number of pyridine rings is 1. The standard InChI is InChI=1S/C16H16N6O/c1-11(2)22-15(19-20-21-22)12-4-3-5-13(10-12)16(23)18-14-6-8-17-9-7-14/h3-11H,1-2H3,(H,17,18,23). The molecule has 116 valence electrons. The van der Waals surface area contributed by atoms with Crippen molar-refractivity contribution in [2.24, 2.45) is 0 Å². The molecular weight excluding hydrogens is 292 g/mol. The van der Waals surface area contributed by atoms with Crippen LogP contribution in [0.3, 0.4) is 0 Å². The third-order valence-corrected chi connectivity index (χ3v) is 3.30. The SMILES string of the molecule is CC(C)n1nnnc1-c1cccc(C(=O)Nc2ccncc2)c1. The number of benzene rings is 1. The molecule has 7 nitrogen and oxygen atoms in total. The van der Waals surface area contributed by atoms with E-state index in [-0.39, 0.29) is 11.9 Å². The van der Waals surface area contributed by atoms with Gasteiger partial charge in [-0.25, -0.2) is 4.68 Å². The fourth-order valence-electron chi connectivity index (χ4n) is 2.17. The summed E-state index contributed by atoms with van der Waals surface area (Å²) >= 11 is 0. The smallest absolute Gasteiger partial charge is 0.255 e. The fourth-order valence-corrected chi connectivity index (χ4v) is 2.17. The minimum Gasteiger partial charge on any atom is -0.322 e. The van der Waals surface area contributed by atoms with E-state index >= 15 is 0 Å². The number of amides is 1. The van der Waals surface area contributed by atoms with Gasteiger partial charge in [0.1, 0.15) is 0 Å². The van der Waals surface area contributed by atoms with Crippen LogP contribution in [0.15, 0.2) is 48.8 Å². The number of nitrogens with zero attached hydrogens (tertiary/aromatic N) is 5. The average Bonchev–Trinajstić information content (AvgIpc) is 3.06. The van der Waals surface area contributed by atoms with E-state index in [4.69, 9.17) is 0 Å². The predicted octanol–water partition coefficient (Wildman–Crippen LogP) is 2.57. The highest BCUT2D eigenvalue weighted by Crippen LogP contribution is 2.20. The van der Waals surface area contributed by atoms with Crippen molar-refractivity contribution < 1.29 is 4.79 Å². The van der Waals surface area contributed by atoms with Gasteiger partial charge in [-0.05, 0) is 48.5 Å². The van der Waals surface area contributed by atoms with E-state index in [1.54, 1.807) is 41.3 Å². The zero-order chi connectivity index (χ0) is 16.2. The first-order valence-electron chi connectivity index (χ1n) is 7.25.